The molecule has 5 rings (SSSR count). The molecular weight excluding hydrogens is 432 g/mol. The molecule has 0 spiro atoms. The quantitative estimate of drug-likeness (QED) is 0.579. The Balaban J connectivity index is 1.14. The molecule has 1 aromatic carbocycles. The summed E-state index contributed by atoms with van der Waals surface area (Å²) in [4.78, 5) is 19.8. The van der Waals surface area contributed by atoms with E-state index in [1.54, 1.807) is 11.8 Å². The van der Waals surface area contributed by atoms with Crippen LogP contribution in [0.5, 0.6) is 0 Å². The monoisotopic (exact) mass is 468 g/mol. The van der Waals surface area contributed by atoms with Gasteiger partial charge in [0.2, 0.25) is 11.9 Å². The van der Waals surface area contributed by atoms with E-state index in [1.807, 2.05) is 4.90 Å². The minimum absolute atomic E-state index is 0.217. The van der Waals surface area contributed by atoms with Gasteiger partial charge in [-0.05, 0) is 49.7 Å². The van der Waals surface area contributed by atoms with Crippen molar-refractivity contribution in [3.8, 4) is 0 Å². The van der Waals surface area contributed by atoms with Gasteiger partial charge >= 0.3 is 0 Å². The van der Waals surface area contributed by atoms with Gasteiger partial charge in [0, 0.05) is 51.9 Å². The fourth-order valence-electron chi connectivity index (χ4n) is 4.85. The lowest BCUT2D eigenvalue weighted by Gasteiger charge is -2.35. The van der Waals surface area contributed by atoms with Crippen molar-refractivity contribution in [3.05, 3.63) is 35.4 Å². The summed E-state index contributed by atoms with van der Waals surface area (Å²) in [6, 6.07) is 9.09. The van der Waals surface area contributed by atoms with Gasteiger partial charge in [-0.25, -0.2) is 0 Å². The van der Waals surface area contributed by atoms with Crippen LogP contribution in [0.4, 0.5) is 5.95 Å². The van der Waals surface area contributed by atoms with E-state index in [0.717, 1.165) is 62.8 Å². The smallest absolute Gasteiger partial charge is 0.233 e. The van der Waals surface area contributed by atoms with Crippen LogP contribution in [-0.2, 0) is 11.3 Å². The van der Waals surface area contributed by atoms with Gasteiger partial charge in [0.1, 0.15) is 0 Å². The summed E-state index contributed by atoms with van der Waals surface area (Å²) in [5.74, 6) is 2.47. The number of carbonyl (C=O) groups excluding carboxylic acids is 1. The molecule has 1 aliphatic carbocycles. The average molecular weight is 469 g/mol. The Hall–Kier alpha value is -2.06. The number of amides is 1. The minimum atomic E-state index is 0.217. The van der Waals surface area contributed by atoms with Gasteiger partial charge < -0.3 is 9.80 Å². The van der Waals surface area contributed by atoms with E-state index < -0.39 is 0 Å². The first-order valence-corrected chi connectivity index (χ1v) is 13.4. The first-order valence-electron chi connectivity index (χ1n) is 12.5. The number of hydrogen-bond donors (Lipinski definition) is 0. The van der Waals surface area contributed by atoms with Crippen LogP contribution < -0.4 is 4.90 Å². The maximum Gasteiger partial charge on any atom is 0.233 e. The molecule has 2 aromatic rings. The van der Waals surface area contributed by atoms with Gasteiger partial charge in [-0.1, -0.05) is 43.0 Å². The zero-order valence-electron chi connectivity index (χ0n) is 19.9. The standard InChI is InChI=1S/C25H36N6OS/c1-19-9-11-30(12-10-19)24-26-27-25(31(24)22-7-8-22)33-18-23(32)29-15-13-28(14-16-29)17-21-6-4-3-5-20(21)2/h3-6,19,22H,7-18H2,1-2H3. The number of aromatic nitrogens is 3. The Morgan fingerprint density at radius 3 is 2.42 bits per heavy atom. The molecule has 0 unspecified atom stereocenters. The molecule has 2 aliphatic heterocycles. The van der Waals surface area contributed by atoms with Crippen LogP contribution in [0.1, 0.15) is 49.8 Å². The van der Waals surface area contributed by atoms with Crippen molar-refractivity contribution >= 4 is 23.6 Å². The van der Waals surface area contributed by atoms with Gasteiger partial charge in [0.25, 0.3) is 0 Å². The molecule has 7 nitrogen and oxygen atoms in total. The van der Waals surface area contributed by atoms with Crippen molar-refractivity contribution in [3.63, 3.8) is 0 Å². The normalized spacial score (nSPS) is 20.4. The lowest BCUT2D eigenvalue weighted by molar-refractivity contribution is -0.130. The molecule has 2 saturated heterocycles. The maximum absolute atomic E-state index is 13.0. The lowest BCUT2D eigenvalue weighted by Crippen LogP contribution is -2.48. The van der Waals surface area contributed by atoms with Crippen LogP contribution in [0.15, 0.2) is 29.4 Å². The van der Waals surface area contributed by atoms with E-state index in [9.17, 15) is 4.79 Å². The Bertz CT molecular complexity index is 958. The minimum Gasteiger partial charge on any atom is -0.341 e. The molecule has 33 heavy (non-hydrogen) atoms. The number of thioether (sulfide) groups is 1. The van der Waals surface area contributed by atoms with Crippen LogP contribution in [0.25, 0.3) is 0 Å². The third kappa shape index (κ3) is 5.38. The van der Waals surface area contributed by atoms with Crippen molar-refractivity contribution in [2.24, 2.45) is 5.92 Å². The van der Waals surface area contributed by atoms with Gasteiger partial charge in [-0.3, -0.25) is 14.3 Å². The second-order valence-corrected chi connectivity index (χ2v) is 10.9. The SMILES string of the molecule is Cc1ccccc1CN1CCN(C(=O)CSc2nnc(N3CCC(C)CC3)n2C2CC2)CC1. The van der Waals surface area contributed by atoms with E-state index in [2.05, 4.69) is 62.7 Å². The zero-order chi connectivity index (χ0) is 22.8. The number of hydrogen-bond acceptors (Lipinski definition) is 6. The number of nitrogens with zero attached hydrogens (tertiary/aromatic N) is 6. The topological polar surface area (TPSA) is 57.5 Å². The largest absolute Gasteiger partial charge is 0.341 e. The predicted octanol–water partition coefficient (Wildman–Crippen LogP) is 3.59. The molecule has 1 amide bonds. The summed E-state index contributed by atoms with van der Waals surface area (Å²) in [7, 11) is 0. The van der Waals surface area contributed by atoms with Gasteiger partial charge in [0.05, 0.1) is 5.75 Å². The number of piperazine rings is 1. The van der Waals surface area contributed by atoms with E-state index in [-0.39, 0.29) is 5.91 Å². The second kappa shape index (κ2) is 10.1. The number of rotatable bonds is 7. The third-order valence-electron chi connectivity index (χ3n) is 7.33. The molecule has 1 saturated carbocycles. The highest BCUT2D eigenvalue weighted by Gasteiger charge is 2.33. The van der Waals surface area contributed by atoms with Crippen molar-refractivity contribution in [1.29, 1.82) is 0 Å². The molecule has 3 aliphatic rings. The van der Waals surface area contributed by atoms with Gasteiger partial charge in [0.15, 0.2) is 5.16 Å². The van der Waals surface area contributed by atoms with E-state index in [1.165, 1.54) is 36.8 Å². The molecule has 178 valence electrons. The molecule has 8 heteroatoms. The summed E-state index contributed by atoms with van der Waals surface area (Å²) in [5.41, 5.74) is 2.72. The average Bonchev–Trinajstić information content (AvgIpc) is 3.59. The summed E-state index contributed by atoms with van der Waals surface area (Å²) in [6.45, 7) is 11.1. The Labute approximate surface area is 201 Å². The lowest BCUT2D eigenvalue weighted by atomic mass is 10.00. The Morgan fingerprint density at radius 2 is 1.73 bits per heavy atom. The summed E-state index contributed by atoms with van der Waals surface area (Å²) >= 11 is 1.57. The highest BCUT2D eigenvalue weighted by molar-refractivity contribution is 7.99. The van der Waals surface area contributed by atoms with Crippen molar-refractivity contribution in [1.82, 2.24) is 24.6 Å². The Kier molecular flexibility index (Phi) is 6.92. The van der Waals surface area contributed by atoms with Gasteiger partial charge in [-0.2, -0.15) is 0 Å². The molecule has 0 radical (unpaired) electrons. The van der Waals surface area contributed by atoms with Gasteiger partial charge in [-0.15, -0.1) is 10.2 Å². The van der Waals surface area contributed by atoms with Crippen LogP contribution in [-0.4, -0.2) is 75.5 Å². The Morgan fingerprint density at radius 1 is 1.00 bits per heavy atom. The molecule has 0 N–H and O–H groups in total. The van der Waals surface area contributed by atoms with Crippen molar-refractivity contribution in [2.75, 3.05) is 49.9 Å². The van der Waals surface area contributed by atoms with Crippen LogP contribution in [0.2, 0.25) is 0 Å². The fourth-order valence-corrected chi connectivity index (χ4v) is 5.75. The number of benzene rings is 1. The molecule has 1 aromatic heterocycles. The predicted molar refractivity (Wildman–Crippen MR) is 133 cm³/mol. The van der Waals surface area contributed by atoms with E-state index >= 15 is 0 Å². The first-order chi connectivity index (χ1) is 16.1. The molecule has 0 atom stereocenters. The van der Waals surface area contributed by atoms with Crippen molar-refractivity contribution in [2.45, 2.75) is 57.3 Å². The highest BCUT2D eigenvalue weighted by atomic mass is 32.2. The number of aryl methyl sites for hydroxylation is 1. The zero-order valence-corrected chi connectivity index (χ0v) is 20.8. The van der Waals surface area contributed by atoms with E-state index in [0.29, 0.717) is 11.8 Å². The highest BCUT2D eigenvalue weighted by Crippen LogP contribution is 2.41. The first kappa shape index (κ1) is 22.7. The summed E-state index contributed by atoms with van der Waals surface area (Å²) in [6.07, 6.45) is 4.82. The molecular formula is C25H36N6OS. The second-order valence-electron chi connectivity index (χ2n) is 9.93. The molecule has 0 bridgehead atoms. The van der Waals surface area contributed by atoms with E-state index in [4.69, 9.17) is 0 Å². The third-order valence-corrected chi connectivity index (χ3v) is 8.26. The number of anilines is 1. The molecule has 3 fully saturated rings. The number of carbonyl (C=O) groups is 1. The number of piperidine rings is 1. The van der Waals surface area contributed by atoms with Crippen molar-refractivity contribution < 1.29 is 4.79 Å². The van der Waals surface area contributed by atoms with Crippen LogP contribution in [0.3, 0.4) is 0 Å². The summed E-state index contributed by atoms with van der Waals surface area (Å²) < 4.78 is 2.31. The maximum atomic E-state index is 13.0. The summed E-state index contributed by atoms with van der Waals surface area (Å²) in [5, 5.41) is 9.99. The molecule has 3 heterocycles. The van der Waals surface area contributed by atoms with Crippen LogP contribution in [0, 0.1) is 12.8 Å². The fraction of sp³-hybridized carbons (Fsp3) is 0.640. The van der Waals surface area contributed by atoms with Crippen LogP contribution >= 0.6 is 11.8 Å².